The third-order valence-electron chi connectivity index (χ3n) is 2.50. The zero-order valence-corrected chi connectivity index (χ0v) is 11.7. The maximum atomic E-state index is 13.1. The van der Waals surface area contributed by atoms with Gasteiger partial charge in [0.1, 0.15) is 0 Å². The van der Waals surface area contributed by atoms with Gasteiger partial charge in [-0.05, 0) is 13.8 Å². The molecule has 1 N–H and O–H groups in total. The fourth-order valence-electron chi connectivity index (χ4n) is 1.66. The molecule has 0 saturated heterocycles. The molecule has 0 aliphatic carbocycles. The maximum Gasteiger partial charge on any atom is 0.181 e. The Morgan fingerprint density at radius 2 is 1.62 bits per heavy atom. The molecule has 0 spiro atoms. The van der Waals surface area contributed by atoms with Crippen molar-refractivity contribution in [1.29, 1.82) is 0 Å². The average molecular weight is 239 g/mol. The monoisotopic (exact) mass is 239 g/mol. The van der Waals surface area contributed by atoms with E-state index in [0.717, 1.165) is 5.30 Å². The first-order valence-corrected chi connectivity index (χ1v) is 7.41. The summed E-state index contributed by atoms with van der Waals surface area (Å²) in [6.07, 6.45) is 0. The largest absolute Gasteiger partial charge is 0.301 e. The van der Waals surface area contributed by atoms with Gasteiger partial charge < -0.3 is 4.57 Å². The number of rotatable bonds is 3. The highest BCUT2D eigenvalue weighted by Gasteiger charge is 2.38. The van der Waals surface area contributed by atoms with E-state index in [1.54, 1.807) is 0 Å². The third kappa shape index (κ3) is 2.75. The van der Waals surface area contributed by atoms with E-state index in [-0.39, 0.29) is 11.2 Å². The van der Waals surface area contributed by atoms with Crippen LogP contribution in [-0.2, 0) is 4.57 Å². The molecule has 0 saturated carbocycles. The Labute approximate surface area is 98.9 Å². The van der Waals surface area contributed by atoms with Gasteiger partial charge in [-0.1, -0.05) is 51.1 Å². The molecule has 90 valence electrons. The minimum absolute atomic E-state index is 0.213. The van der Waals surface area contributed by atoms with E-state index in [0.29, 0.717) is 0 Å². The number of hydrogen-bond acceptors (Lipinski definition) is 1. The molecule has 16 heavy (non-hydrogen) atoms. The van der Waals surface area contributed by atoms with Gasteiger partial charge in [-0.2, -0.15) is 0 Å². The first-order chi connectivity index (χ1) is 7.27. The number of nitrogens with one attached hydrogen (secondary N) is 1. The van der Waals surface area contributed by atoms with Crippen molar-refractivity contribution in [3.8, 4) is 0 Å². The van der Waals surface area contributed by atoms with Crippen molar-refractivity contribution in [3.05, 3.63) is 30.3 Å². The van der Waals surface area contributed by atoms with Crippen molar-refractivity contribution in [1.82, 2.24) is 5.09 Å². The second kappa shape index (κ2) is 4.73. The third-order valence-corrected chi connectivity index (χ3v) is 6.30. The average Bonchev–Trinajstić information content (AvgIpc) is 2.16. The highest BCUT2D eigenvalue weighted by molar-refractivity contribution is 7.71. The van der Waals surface area contributed by atoms with Crippen LogP contribution in [-0.4, -0.2) is 11.2 Å². The van der Waals surface area contributed by atoms with E-state index in [2.05, 4.69) is 5.09 Å². The molecule has 0 heterocycles. The lowest BCUT2D eigenvalue weighted by atomic mass is 10.3. The highest BCUT2D eigenvalue weighted by Crippen LogP contribution is 2.53. The molecular formula is C13H22NOP. The van der Waals surface area contributed by atoms with Crippen LogP contribution in [0.15, 0.2) is 30.3 Å². The van der Waals surface area contributed by atoms with Crippen LogP contribution in [0.4, 0.5) is 0 Å². The van der Waals surface area contributed by atoms with Crippen LogP contribution in [0.25, 0.3) is 0 Å². The van der Waals surface area contributed by atoms with Crippen LogP contribution in [0, 0.1) is 0 Å². The van der Waals surface area contributed by atoms with Gasteiger partial charge in [-0.25, -0.2) is 0 Å². The van der Waals surface area contributed by atoms with E-state index in [1.807, 2.05) is 65.0 Å². The molecule has 1 aromatic rings. The molecule has 0 aliphatic heterocycles. The van der Waals surface area contributed by atoms with E-state index in [9.17, 15) is 4.57 Å². The zero-order valence-electron chi connectivity index (χ0n) is 10.8. The lowest BCUT2D eigenvalue weighted by Gasteiger charge is -2.33. The van der Waals surface area contributed by atoms with Gasteiger partial charge in [-0.15, -0.1) is 0 Å². The van der Waals surface area contributed by atoms with Crippen LogP contribution in [0.3, 0.4) is 0 Å². The normalized spacial score (nSPS) is 16.1. The number of hydrogen-bond donors (Lipinski definition) is 1. The Balaban J connectivity index is 3.22. The van der Waals surface area contributed by atoms with Gasteiger partial charge in [-0.3, -0.25) is 5.09 Å². The molecule has 2 nitrogen and oxygen atoms in total. The molecule has 0 radical (unpaired) electrons. The van der Waals surface area contributed by atoms with Gasteiger partial charge >= 0.3 is 0 Å². The van der Waals surface area contributed by atoms with E-state index >= 15 is 0 Å². The summed E-state index contributed by atoms with van der Waals surface area (Å²) in [6, 6.07) is 9.94. The molecule has 3 heteroatoms. The van der Waals surface area contributed by atoms with Crippen LogP contribution >= 0.6 is 7.29 Å². The van der Waals surface area contributed by atoms with E-state index in [1.165, 1.54) is 0 Å². The predicted molar refractivity (Wildman–Crippen MR) is 71.7 cm³/mol. The van der Waals surface area contributed by atoms with Crippen molar-refractivity contribution in [2.45, 2.75) is 45.8 Å². The molecule has 0 aliphatic rings. The summed E-state index contributed by atoms with van der Waals surface area (Å²) in [5.74, 6) is 0. The standard InChI is InChI=1S/C13H22NOP/c1-11(2)14-16(15,13(3,4)5)12-9-7-6-8-10-12/h6-11H,1-5H3,(H,14,15). The predicted octanol–water partition coefficient (Wildman–Crippen LogP) is 3.39. The molecule has 0 amide bonds. The Bertz CT molecular complexity index is 379. The zero-order chi connectivity index (χ0) is 12.4. The smallest absolute Gasteiger partial charge is 0.181 e. The summed E-state index contributed by atoms with van der Waals surface area (Å²) >= 11 is 0. The second-order valence-corrected chi connectivity index (χ2v) is 8.73. The molecule has 1 atom stereocenters. The minimum atomic E-state index is -2.56. The van der Waals surface area contributed by atoms with Crippen molar-refractivity contribution in [2.75, 3.05) is 0 Å². The minimum Gasteiger partial charge on any atom is -0.301 e. The lowest BCUT2D eigenvalue weighted by molar-refractivity contribution is 0.535. The van der Waals surface area contributed by atoms with E-state index in [4.69, 9.17) is 0 Å². The quantitative estimate of drug-likeness (QED) is 0.819. The molecular weight excluding hydrogens is 217 g/mol. The summed E-state index contributed by atoms with van der Waals surface area (Å²) in [4.78, 5) is 0. The topological polar surface area (TPSA) is 29.1 Å². The Kier molecular flexibility index (Phi) is 3.98. The Morgan fingerprint density at radius 1 is 1.12 bits per heavy atom. The molecule has 1 aromatic carbocycles. The van der Waals surface area contributed by atoms with Crippen molar-refractivity contribution in [2.24, 2.45) is 0 Å². The van der Waals surface area contributed by atoms with Gasteiger partial charge in [0, 0.05) is 16.5 Å². The summed E-state index contributed by atoms with van der Waals surface area (Å²) in [5.41, 5.74) is 0. The summed E-state index contributed by atoms with van der Waals surface area (Å²) < 4.78 is 13.1. The van der Waals surface area contributed by atoms with Gasteiger partial charge in [0.15, 0.2) is 7.29 Å². The van der Waals surface area contributed by atoms with Crippen molar-refractivity contribution >= 4 is 12.6 Å². The van der Waals surface area contributed by atoms with Crippen molar-refractivity contribution in [3.63, 3.8) is 0 Å². The first-order valence-electron chi connectivity index (χ1n) is 5.71. The number of benzene rings is 1. The Morgan fingerprint density at radius 3 is 2.00 bits per heavy atom. The lowest BCUT2D eigenvalue weighted by Crippen LogP contribution is -2.35. The summed E-state index contributed by atoms with van der Waals surface area (Å²) in [7, 11) is -2.56. The molecule has 0 fully saturated rings. The fraction of sp³-hybridized carbons (Fsp3) is 0.538. The summed E-state index contributed by atoms with van der Waals surface area (Å²) in [6.45, 7) is 10.1. The van der Waals surface area contributed by atoms with Gasteiger partial charge in [0.05, 0.1) is 0 Å². The van der Waals surface area contributed by atoms with Gasteiger partial charge in [0.25, 0.3) is 0 Å². The molecule has 1 unspecified atom stereocenters. The SMILES string of the molecule is CC(C)NP(=O)(c1ccccc1)C(C)(C)C. The molecule has 0 bridgehead atoms. The second-order valence-electron chi connectivity index (χ2n) is 5.40. The van der Waals surface area contributed by atoms with Gasteiger partial charge in [0.2, 0.25) is 0 Å². The van der Waals surface area contributed by atoms with Crippen LogP contribution in [0.5, 0.6) is 0 Å². The maximum absolute atomic E-state index is 13.1. The highest BCUT2D eigenvalue weighted by atomic mass is 31.2. The molecule has 1 rings (SSSR count). The van der Waals surface area contributed by atoms with Crippen molar-refractivity contribution < 1.29 is 4.57 Å². The first kappa shape index (κ1) is 13.5. The van der Waals surface area contributed by atoms with Crippen LogP contribution in [0.1, 0.15) is 34.6 Å². The fourth-order valence-corrected chi connectivity index (χ4v) is 4.29. The van der Waals surface area contributed by atoms with Crippen LogP contribution < -0.4 is 10.4 Å². The van der Waals surface area contributed by atoms with Crippen LogP contribution in [0.2, 0.25) is 0 Å². The Hall–Kier alpha value is -0.590. The van der Waals surface area contributed by atoms with E-state index < -0.39 is 7.29 Å². The molecule has 0 aromatic heterocycles. The summed E-state index contributed by atoms with van der Waals surface area (Å²) in [5, 5.41) is 3.92.